The standard InChI is InChI=1S/C14H18Cl2N2O2/c1-2-3-4-8-17-12(19)9-13(20)18-11-7-5-6-10(15)14(11)16/h5-7H,2-4,8-9H2,1H3,(H,17,19)(H,18,20). The fraction of sp³-hybridized carbons (Fsp3) is 0.429. The number of amides is 2. The van der Waals surface area contributed by atoms with Gasteiger partial charge in [0.15, 0.2) is 0 Å². The molecular formula is C14H18Cl2N2O2. The van der Waals surface area contributed by atoms with Gasteiger partial charge in [-0.15, -0.1) is 0 Å². The molecule has 0 spiro atoms. The molecule has 2 amide bonds. The molecular weight excluding hydrogens is 299 g/mol. The Morgan fingerprint density at radius 2 is 1.90 bits per heavy atom. The summed E-state index contributed by atoms with van der Waals surface area (Å²) >= 11 is 11.8. The van der Waals surface area contributed by atoms with E-state index >= 15 is 0 Å². The highest BCUT2D eigenvalue weighted by molar-refractivity contribution is 6.44. The summed E-state index contributed by atoms with van der Waals surface area (Å²) in [7, 11) is 0. The van der Waals surface area contributed by atoms with Crippen molar-refractivity contribution in [2.45, 2.75) is 32.6 Å². The lowest BCUT2D eigenvalue weighted by atomic mass is 10.2. The summed E-state index contributed by atoms with van der Waals surface area (Å²) in [4.78, 5) is 23.2. The monoisotopic (exact) mass is 316 g/mol. The average molecular weight is 317 g/mol. The maximum absolute atomic E-state index is 11.7. The molecule has 20 heavy (non-hydrogen) atoms. The number of carbonyl (C=O) groups excluding carboxylic acids is 2. The molecule has 0 radical (unpaired) electrons. The van der Waals surface area contributed by atoms with Crippen LogP contribution in [0.3, 0.4) is 0 Å². The maximum atomic E-state index is 11.7. The summed E-state index contributed by atoms with van der Waals surface area (Å²) in [5, 5.41) is 5.89. The zero-order valence-electron chi connectivity index (χ0n) is 11.3. The molecule has 6 heteroatoms. The van der Waals surface area contributed by atoms with Gasteiger partial charge in [0.05, 0.1) is 15.7 Å². The SMILES string of the molecule is CCCCCNC(=O)CC(=O)Nc1cccc(Cl)c1Cl. The molecule has 0 unspecified atom stereocenters. The molecule has 0 aliphatic carbocycles. The molecule has 0 atom stereocenters. The van der Waals surface area contributed by atoms with Crippen LogP contribution in [0.4, 0.5) is 5.69 Å². The Hall–Kier alpha value is -1.26. The van der Waals surface area contributed by atoms with Gasteiger partial charge in [-0.05, 0) is 18.6 Å². The summed E-state index contributed by atoms with van der Waals surface area (Å²) in [6, 6.07) is 4.93. The number of anilines is 1. The minimum atomic E-state index is -0.415. The van der Waals surface area contributed by atoms with E-state index in [2.05, 4.69) is 17.6 Å². The molecule has 1 aromatic carbocycles. The summed E-state index contributed by atoms with van der Waals surface area (Å²) in [6.07, 6.45) is 2.84. The van der Waals surface area contributed by atoms with E-state index < -0.39 is 5.91 Å². The van der Waals surface area contributed by atoms with Crippen LogP contribution < -0.4 is 10.6 Å². The van der Waals surface area contributed by atoms with Crippen LogP contribution in [-0.2, 0) is 9.59 Å². The highest BCUT2D eigenvalue weighted by Gasteiger charge is 2.11. The zero-order chi connectivity index (χ0) is 15.0. The molecule has 0 saturated heterocycles. The first-order valence-electron chi connectivity index (χ1n) is 6.55. The third-order valence-electron chi connectivity index (χ3n) is 2.65. The second-order valence-electron chi connectivity index (χ2n) is 4.38. The predicted octanol–water partition coefficient (Wildman–Crippen LogP) is 3.63. The van der Waals surface area contributed by atoms with Crippen molar-refractivity contribution in [3.05, 3.63) is 28.2 Å². The van der Waals surface area contributed by atoms with Gasteiger partial charge in [-0.1, -0.05) is 49.0 Å². The Balaban J connectivity index is 2.39. The number of benzene rings is 1. The van der Waals surface area contributed by atoms with E-state index in [1.807, 2.05) is 0 Å². The number of hydrogen-bond acceptors (Lipinski definition) is 2. The number of unbranched alkanes of at least 4 members (excludes halogenated alkanes) is 2. The maximum Gasteiger partial charge on any atom is 0.233 e. The van der Waals surface area contributed by atoms with Gasteiger partial charge in [-0.3, -0.25) is 9.59 Å². The van der Waals surface area contributed by atoms with Crippen LogP contribution in [0.25, 0.3) is 0 Å². The molecule has 0 aliphatic heterocycles. The molecule has 0 bridgehead atoms. The topological polar surface area (TPSA) is 58.2 Å². The first-order chi connectivity index (χ1) is 9.54. The number of hydrogen-bond donors (Lipinski definition) is 2. The summed E-state index contributed by atoms with van der Waals surface area (Å²) in [5.74, 6) is -0.709. The quantitative estimate of drug-likeness (QED) is 0.596. The largest absolute Gasteiger partial charge is 0.356 e. The lowest BCUT2D eigenvalue weighted by Crippen LogP contribution is -2.28. The Labute approximate surface area is 128 Å². The van der Waals surface area contributed by atoms with E-state index in [1.54, 1.807) is 18.2 Å². The average Bonchev–Trinajstić information content (AvgIpc) is 2.40. The molecule has 1 aromatic rings. The Kier molecular flexibility index (Phi) is 7.41. The Morgan fingerprint density at radius 1 is 1.15 bits per heavy atom. The van der Waals surface area contributed by atoms with E-state index in [4.69, 9.17) is 23.2 Å². The molecule has 0 heterocycles. The third kappa shape index (κ3) is 5.80. The first-order valence-corrected chi connectivity index (χ1v) is 7.30. The van der Waals surface area contributed by atoms with Crippen LogP contribution in [0.1, 0.15) is 32.6 Å². The minimum absolute atomic E-state index is 0.227. The summed E-state index contributed by atoms with van der Waals surface area (Å²) < 4.78 is 0. The summed E-state index contributed by atoms with van der Waals surface area (Å²) in [6.45, 7) is 2.68. The van der Waals surface area contributed by atoms with Gasteiger partial charge < -0.3 is 10.6 Å². The van der Waals surface area contributed by atoms with Crippen molar-refractivity contribution in [3.8, 4) is 0 Å². The number of rotatable bonds is 7. The normalized spacial score (nSPS) is 10.2. The Morgan fingerprint density at radius 3 is 2.60 bits per heavy atom. The fourth-order valence-corrected chi connectivity index (χ4v) is 1.95. The van der Waals surface area contributed by atoms with Crippen LogP contribution in [0.2, 0.25) is 10.0 Å². The van der Waals surface area contributed by atoms with Gasteiger partial charge in [0, 0.05) is 6.54 Å². The van der Waals surface area contributed by atoms with Gasteiger partial charge >= 0.3 is 0 Å². The van der Waals surface area contributed by atoms with E-state index in [9.17, 15) is 9.59 Å². The van der Waals surface area contributed by atoms with Crippen LogP contribution in [0.15, 0.2) is 18.2 Å². The van der Waals surface area contributed by atoms with Gasteiger partial charge in [-0.25, -0.2) is 0 Å². The smallest absolute Gasteiger partial charge is 0.233 e. The second-order valence-corrected chi connectivity index (χ2v) is 5.17. The second kappa shape index (κ2) is 8.82. The molecule has 4 nitrogen and oxygen atoms in total. The lowest BCUT2D eigenvalue weighted by molar-refractivity contribution is -0.126. The van der Waals surface area contributed by atoms with Crippen molar-refractivity contribution in [2.75, 3.05) is 11.9 Å². The lowest BCUT2D eigenvalue weighted by Gasteiger charge is -2.08. The van der Waals surface area contributed by atoms with Crippen molar-refractivity contribution < 1.29 is 9.59 Å². The highest BCUT2D eigenvalue weighted by Crippen LogP contribution is 2.29. The molecule has 0 fully saturated rings. The van der Waals surface area contributed by atoms with Crippen LogP contribution >= 0.6 is 23.2 Å². The predicted molar refractivity (Wildman–Crippen MR) is 82.2 cm³/mol. The van der Waals surface area contributed by atoms with Crippen molar-refractivity contribution in [3.63, 3.8) is 0 Å². The highest BCUT2D eigenvalue weighted by atomic mass is 35.5. The Bertz CT molecular complexity index is 478. The molecule has 2 N–H and O–H groups in total. The zero-order valence-corrected chi connectivity index (χ0v) is 12.9. The molecule has 110 valence electrons. The van der Waals surface area contributed by atoms with Gasteiger partial charge in [-0.2, -0.15) is 0 Å². The van der Waals surface area contributed by atoms with Crippen LogP contribution in [0, 0.1) is 0 Å². The van der Waals surface area contributed by atoms with Crippen molar-refractivity contribution >= 4 is 40.7 Å². The van der Waals surface area contributed by atoms with Gasteiger partial charge in [0.2, 0.25) is 11.8 Å². The van der Waals surface area contributed by atoms with Crippen molar-refractivity contribution in [2.24, 2.45) is 0 Å². The fourth-order valence-electron chi connectivity index (χ4n) is 1.61. The van der Waals surface area contributed by atoms with Gasteiger partial charge in [0.25, 0.3) is 0 Å². The number of halogens is 2. The van der Waals surface area contributed by atoms with Crippen molar-refractivity contribution in [1.29, 1.82) is 0 Å². The summed E-state index contributed by atoms with van der Waals surface area (Å²) in [5.41, 5.74) is 0.406. The minimum Gasteiger partial charge on any atom is -0.356 e. The van der Waals surface area contributed by atoms with E-state index in [0.717, 1.165) is 19.3 Å². The first kappa shape index (κ1) is 16.8. The van der Waals surface area contributed by atoms with Crippen LogP contribution in [-0.4, -0.2) is 18.4 Å². The van der Waals surface area contributed by atoms with E-state index in [1.165, 1.54) is 0 Å². The van der Waals surface area contributed by atoms with Crippen molar-refractivity contribution in [1.82, 2.24) is 5.32 Å². The van der Waals surface area contributed by atoms with E-state index in [-0.39, 0.29) is 17.4 Å². The van der Waals surface area contributed by atoms with Gasteiger partial charge in [0.1, 0.15) is 6.42 Å². The third-order valence-corrected chi connectivity index (χ3v) is 3.47. The molecule has 0 aromatic heterocycles. The molecule has 0 saturated carbocycles. The van der Waals surface area contributed by atoms with Crippen LogP contribution in [0.5, 0.6) is 0 Å². The van der Waals surface area contributed by atoms with E-state index in [0.29, 0.717) is 17.3 Å². The molecule has 1 rings (SSSR count). The number of nitrogens with one attached hydrogen (secondary N) is 2. The molecule has 0 aliphatic rings. The number of carbonyl (C=O) groups is 2.